The standard InChI is InChI=1S/C17H22N2O/c1-11-8-12(2)16(13(3)9-11)19-7-5-6-15(17(19)18)10-14(4)20/h8-10,18H,5-7H2,1-4H3/b15-10+,18-17?. The number of nitrogens with zero attached hydrogens (tertiary/aromatic N) is 1. The Bertz CT molecular complexity index is 576. The number of allylic oxidation sites excluding steroid dienone is 1. The molecule has 0 aliphatic carbocycles. The van der Waals surface area contributed by atoms with Crippen LogP contribution in [0.15, 0.2) is 23.8 Å². The number of hydrogen-bond acceptors (Lipinski definition) is 2. The summed E-state index contributed by atoms with van der Waals surface area (Å²) in [4.78, 5) is 13.3. The molecule has 3 heteroatoms. The summed E-state index contributed by atoms with van der Waals surface area (Å²) in [7, 11) is 0. The van der Waals surface area contributed by atoms with Gasteiger partial charge >= 0.3 is 0 Å². The van der Waals surface area contributed by atoms with Crippen LogP contribution in [0.5, 0.6) is 0 Å². The van der Waals surface area contributed by atoms with Gasteiger partial charge in [0, 0.05) is 12.2 Å². The summed E-state index contributed by atoms with van der Waals surface area (Å²) in [6.45, 7) is 8.66. The van der Waals surface area contributed by atoms with E-state index in [1.54, 1.807) is 13.0 Å². The quantitative estimate of drug-likeness (QED) is 0.833. The summed E-state index contributed by atoms with van der Waals surface area (Å²) < 4.78 is 0. The molecule has 0 aromatic heterocycles. The molecular weight excluding hydrogens is 248 g/mol. The van der Waals surface area contributed by atoms with Gasteiger partial charge in [-0.3, -0.25) is 10.2 Å². The molecule has 0 amide bonds. The number of anilines is 1. The normalized spacial score (nSPS) is 17.7. The fourth-order valence-corrected chi connectivity index (χ4v) is 3.04. The van der Waals surface area contributed by atoms with Gasteiger partial charge in [0.15, 0.2) is 5.78 Å². The highest BCUT2D eigenvalue weighted by atomic mass is 16.1. The van der Waals surface area contributed by atoms with Crippen LogP contribution in [-0.2, 0) is 4.79 Å². The average Bonchev–Trinajstić information content (AvgIpc) is 2.32. The van der Waals surface area contributed by atoms with Gasteiger partial charge in [-0.05, 0) is 63.3 Å². The number of hydrogen-bond donors (Lipinski definition) is 1. The van der Waals surface area contributed by atoms with Crippen molar-refractivity contribution in [1.82, 2.24) is 0 Å². The Morgan fingerprint density at radius 1 is 1.25 bits per heavy atom. The fraction of sp³-hybridized carbons (Fsp3) is 0.412. The van der Waals surface area contributed by atoms with Crippen LogP contribution in [0.3, 0.4) is 0 Å². The van der Waals surface area contributed by atoms with Gasteiger partial charge in [0.25, 0.3) is 0 Å². The molecular formula is C17H22N2O. The van der Waals surface area contributed by atoms with Gasteiger partial charge in [-0.15, -0.1) is 0 Å². The lowest BCUT2D eigenvalue weighted by Gasteiger charge is -2.33. The SMILES string of the molecule is CC(=O)/C=C1\CCCN(c2c(C)cc(C)cc2C)C1=N. The Morgan fingerprint density at radius 3 is 2.40 bits per heavy atom. The van der Waals surface area contributed by atoms with E-state index in [1.165, 1.54) is 16.7 Å². The van der Waals surface area contributed by atoms with Gasteiger partial charge < -0.3 is 4.90 Å². The molecule has 1 fully saturated rings. The number of carbonyl (C=O) groups is 1. The lowest BCUT2D eigenvalue weighted by Crippen LogP contribution is -2.37. The van der Waals surface area contributed by atoms with Crippen molar-refractivity contribution in [3.05, 3.63) is 40.5 Å². The molecule has 1 saturated heterocycles. The molecule has 1 aromatic rings. The van der Waals surface area contributed by atoms with E-state index in [1.807, 2.05) is 4.90 Å². The zero-order valence-electron chi connectivity index (χ0n) is 12.7. The molecule has 1 aliphatic rings. The van der Waals surface area contributed by atoms with Gasteiger partial charge in [-0.2, -0.15) is 0 Å². The molecule has 3 nitrogen and oxygen atoms in total. The molecule has 106 valence electrons. The highest BCUT2D eigenvalue weighted by Crippen LogP contribution is 2.31. The monoisotopic (exact) mass is 270 g/mol. The molecule has 0 unspecified atom stereocenters. The molecule has 0 atom stereocenters. The zero-order valence-corrected chi connectivity index (χ0v) is 12.7. The first kappa shape index (κ1) is 14.5. The van der Waals surface area contributed by atoms with Crippen LogP contribution in [0.2, 0.25) is 0 Å². The molecule has 1 aliphatic heterocycles. The number of carbonyl (C=O) groups excluding carboxylic acids is 1. The Labute approximate surface area is 120 Å². The van der Waals surface area contributed by atoms with E-state index in [4.69, 9.17) is 5.41 Å². The van der Waals surface area contributed by atoms with Gasteiger partial charge in [0.1, 0.15) is 5.84 Å². The van der Waals surface area contributed by atoms with E-state index in [2.05, 4.69) is 32.9 Å². The Hall–Kier alpha value is -1.90. The summed E-state index contributed by atoms with van der Waals surface area (Å²) >= 11 is 0. The van der Waals surface area contributed by atoms with Crippen molar-refractivity contribution in [2.45, 2.75) is 40.5 Å². The number of benzene rings is 1. The number of nitrogens with one attached hydrogen (secondary N) is 1. The summed E-state index contributed by atoms with van der Waals surface area (Å²) in [5.74, 6) is 0.491. The maximum absolute atomic E-state index is 11.3. The first-order valence-corrected chi connectivity index (χ1v) is 7.05. The van der Waals surface area contributed by atoms with E-state index in [0.29, 0.717) is 5.84 Å². The largest absolute Gasteiger partial charge is 0.326 e. The van der Waals surface area contributed by atoms with Crippen molar-refractivity contribution in [3.8, 4) is 0 Å². The Kier molecular flexibility index (Phi) is 4.07. The molecule has 0 spiro atoms. The minimum Gasteiger partial charge on any atom is -0.326 e. The first-order valence-electron chi connectivity index (χ1n) is 7.05. The molecule has 20 heavy (non-hydrogen) atoms. The highest BCUT2D eigenvalue weighted by Gasteiger charge is 2.23. The van der Waals surface area contributed by atoms with Gasteiger partial charge in [-0.1, -0.05) is 17.7 Å². The van der Waals surface area contributed by atoms with Crippen molar-refractivity contribution < 1.29 is 4.79 Å². The van der Waals surface area contributed by atoms with Crippen LogP contribution in [0, 0.1) is 26.2 Å². The number of aryl methyl sites for hydroxylation is 3. The smallest absolute Gasteiger partial charge is 0.153 e. The van der Waals surface area contributed by atoms with Crippen molar-refractivity contribution in [1.29, 1.82) is 5.41 Å². The van der Waals surface area contributed by atoms with Crippen LogP contribution in [-0.4, -0.2) is 18.2 Å². The predicted molar refractivity (Wildman–Crippen MR) is 83.7 cm³/mol. The summed E-state index contributed by atoms with van der Waals surface area (Å²) in [5, 5.41) is 8.39. The molecule has 1 heterocycles. The summed E-state index contributed by atoms with van der Waals surface area (Å²) in [6, 6.07) is 4.30. The van der Waals surface area contributed by atoms with Crippen LogP contribution in [0.1, 0.15) is 36.5 Å². The van der Waals surface area contributed by atoms with E-state index < -0.39 is 0 Å². The van der Waals surface area contributed by atoms with Gasteiger partial charge in [-0.25, -0.2) is 0 Å². The van der Waals surface area contributed by atoms with Crippen molar-refractivity contribution in [2.75, 3.05) is 11.4 Å². The molecule has 0 radical (unpaired) electrons. The van der Waals surface area contributed by atoms with Crippen molar-refractivity contribution in [3.63, 3.8) is 0 Å². The maximum Gasteiger partial charge on any atom is 0.153 e. The minimum atomic E-state index is 0.0175. The van der Waals surface area contributed by atoms with Crippen molar-refractivity contribution in [2.24, 2.45) is 0 Å². The van der Waals surface area contributed by atoms with Gasteiger partial charge in [0.2, 0.25) is 0 Å². The van der Waals surface area contributed by atoms with E-state index in [0.717, 1.165) is 30.6 Å². The first-order chi connectivity index (χ1) is 9.40. The summed E-state index contributed by atoms with van der Waals surface area (Å²) in [6.07, 6.45) is 3.40. The third-order valence-corrected chi connectivity index (χ3v) is 3.68. The second-order valence-corrected chi connectivity index (χ2v) is 5.63. The lowest BCUT2D eigenvalue weighted by atomic mass is 9.97. The third kappa shape index (κ3) is 2.82. The van der Waals surface area contributed by atoms with E-state index >= 15 is 0 Å². The number of ketones is 1. The highest BCUT2D eigenvalue weighted by molar-refractivity contribution is 6.12. The Balaban J connectivity index is 2.43. The molecule has 0 bridgehead atoms. The molecule has 2 rings (SSSR count). The fourth-order valence-electron chi connectivity index (χ4n) is 3.04. The molecule has 1 N–H and O–H groups in total. The molecule has 0 saturated carbocycles. The number of amidine groups is 1. The van der Waals surface area contributed by atoms with Crippen LogP contribution < -0.4 is 4.90 Å². The second-order valence-electron chi connectivity index (χ2n) is 5.63. The second kappa shape index (κ2) is 5.61. The molecule has 1 aromatic carbocycles. The minimum absolute atomic E-state index is 0.0175. The lowest BCUT2D eigenvalue weighted by molar-refractivity contribution is -0.112. The maximum atomic E-state index is 11.3. The average molecular weight is 270 g/mol. The van der Waals surface area contributed by atoms with Crippen LogP contribution in [0.4, 0.5) is 5.69 Å². The zero-order chi connectivity index (χ0) is 14.9. The third-order valence-electron chi connectivity index (χ3n) is 3.68. The van der Waals surface area contributed by atoms with Crippen LogP contribution in [0.25, 0.3) is 0 Å². The topological polar surface area (TPSA) is 44.2 Å². The predicted octanol–water partition coefficient (Wildman–Crippen LogP) is 3.70. The van der Waals surface area contributed by atoms with Gasteiger partial charge in [0.05, 0.1) is 0 Å². The number of rotatable bonds is 2. The van der Waals surface area contributed by atoms with E-state index in [9.17, 15) is 4.79 Å². The van der Waals surface area contributed by atoms with E-state index in [-0.39, 0.29) is 5.78 Å². The van der Waals surface area contributed by atoms with Crippen LogP contribution >= 0.6 is 0 Å². The Morgan fingerprint density at radius 2 is 1.85 bits per heavy atom. The summed E-state index contributed by atoms with van der Waals surface area (Å²) in [5.41, 5.74) is 5.59. The van der Waals surface area contributed by atoms with Crippen molar-refractivity contribution >= 4 is 17.3 Å². The number of piperidine rings is 1.